The van der Waals surface area contributed by atoms with E-state index in [0.29, 0.717) is 10.0 Å². The minimum atomic E-state index is -4.82. The summed E-state index contributed by atoms with van der Waals surface area (Å²) in [6.45, 7) is 0.0411. The van der Waals surface area contributed by atoms with Crippen LogP contribution < -0.4 is 15.8 Å². The molecule has 2 aromatic rings. The number of aliphatic imine (C=N–C) groups is 1. The quantitative estimate of drug-likeness (QED) is 0.449. The first-order chi connectivity index (χ1) is 11.2. The zero-order valence-corrected chi connectivity index (χ0v) is 13.7. The molecule has 3 N–H and O–H groups in total. The van der Waals surface area contributed by atoms with Crippen LogP contribution in [-0.4, -0.2) is 12.3 Å². The number of para-hydroxylation sites is 2. The van der Waals surface area contributed by atoms with Gasteiger partial charge in [-0.1, -0.05) is 28.1 Å². The van der Waals surface area contributed by atoms with Crippen LogP contribution in [0.4, 0.5) is 23.2 Å². The molecule has 0 saturated carbocycles. The molecule has 0 spiro atoms. The van der Waals surface area contributed by atoms with Crippen LogP contribution in [0.5, 0.6) is 5.75 Å². The summed E-state index contributed by atoms with van der Waals surface area (Å²) in [6, 6.07) is 9.50. The molecule has 2 aromatic carbocycles. The molecule has 0 bridgehead atoms. The second-order valence-electron chi connectivity index (χ2n) is 4.61. The van der Waals surface area contributed by atoms with E-state index in [4.69, 9.17) is 5.73 Å². The monoisotopic (exact) mass is 405 g/mol. The van der Waals surface area contributed by atoms with E-state index in [2.05, 4.69) is 31.0 Å². The molecule has 0 unspecified atom stereocenters. The molecule has 0 amide bonds. The lowest BCUT2D eigenvalue weighted by atomic mass is 10.2. The number of nitrogens with zero attached hydrogens (tertiary/aromatic N) is 1. The van der Waals surface area contributed by atoms with Crippen molar-refractivity contribution in [3.05, 3.63) is 58.3 Å². The number of nitrogens with two attached hydrogens (primary N) is 1. The van der Waals surface area contributed by atoms with Gasteiger partial charge in [0.2, 0.25) is 0 Å². The molecule has 0 aliphatic heterocycles. The van der Waals surface area contributed by atoms with Gasteiger partial charge in [0, 0.05) is 4.47 Å². The van der Waals surface area contributed by atoms with Crippen LogP contribution in [-0.2, 0) is 6.54 Å². The molecule has 9 heteroatoms. The summed E-state index contributed by atoms with van der Waals surface area (Å²) in [7, 11) is 0. The van der Waals surface area contributed by atoms with E-state index in [9.17, 15) is 17.6 Å². The van der Waals surface area contributed by atoms with Crippen molar-refractivity contribution in [3.8, 4) is 5.75 Å². The van der Waals surface area contributed by atoms with Crippen molar-refractivity contribution in [1.29, 1.82) is 0 Å². The van der Waals surface area contributed by atoms with Gasteiger partial charge in [0.25, 0.3) is 0 Å². The van der Waals surface area contributed by atoms with Crippen LogP contribution in [0, 0.1) is 5.82 Å². The Morgan fingerprint density at radius 1 is 1.21 bits per heavy atom. The first-order valence-electron chi connectivity index (χ1n) is 6.60. The SMILES string of the molecule is NC(=NCc1cc(F)ccc1Br)Nc1ccccc1OC(F)(F)F. The Balaban J connectivity index is 2.12. The highest BCUT2D eigenvalue weighted by Crippen LogP contribution is 2.29. The minimum absolute atomic E-state index is 0.00869. The fourth-order valence-electron chi connectivity index (χ4n) is 1.80. The van der Waals surface area contributed by atoms with Crippen LogP contribution in [0.1, 0.15) is 5.56 Å². The van der Waals surface area contributed by atoms with Crippen molar-refractivity contribution in [2.75, 3.05) is 5.32 Å². The van der Waals surface area contributed by atoms with Gasteiger partial charge in [0.05, 0.1) is 12.2 Å². The van der Waals surface area contributed by atoms with Gasteiger partial charge in [-0.2, -0.15) is 0 Å². The fraction of sp³-hybridized carbons (Fsp3) is 0.133. The minimum Gasteiger partial charge on any atom is -0.404 e. The highest BCUT2D eigenvalue weighted by Gasteiger charge is 2.32. The number of nitrogens with one attached hydrogen (secondary N) is 1. The van der Waals surface area contributed by atoms with Gasteiger partial charge in [-0.3, -0.25) is 0 Å². The fourth-order valence-corrected chi connectivity index (χ4v) is 2.17. The second kappa shape index (κ2) is 7.52. The van der Waals surface area contributed by atoms with Gasteiger partial charge in [0.1, 0.15) is 5.82 Å². The Morgan fingerprint density at radius 2 is 1.92 bits per heavy atom. The summed E-state index contributed by atoms with van der Waals surface area (Å²) in [4.78, 5) is 3.98. The van der Waals surface area contributed by atoms with Crippen molar-refractivity contribution in [2.45, 2.75) is 12.9 Å². The van der Waals surface area contributed by atoms with Gasteiger partial charge in [-0.15, -0.1) is 13.2 Å². The van der Waals surface area contributed by atoms with Gasteiger partial charge in [0.15, 0.2) is 11.7 Å². The maximum absolute atomic E-state index is 13.2. The Kier molecular flexibility index (Phi) is 5.66. The van der Waals surface area contributed by atoms with Gasteiger partial charge < -0.3 is 15.8 Å². The smallest absolute Gasteiger partial charge is 0.404 e. The highest BCUT2D eigenvalue weighted by molar-refractivity contribution is 9.10. The average molecular weight is 406 g/mol. The summed E-state index contributed by atoms with van der Waals surface area (Å²) < 4.78 is 54.8. The molecule has 0 aliphatic carbocycles. The van der Waals surface area contributed by atoms with Gasteiger partial charge in [-0.05, 0) is 35.9 Å². The number of rotatable bonds is 4. The van der Waals surface area contributed by atoms with Crippen LogP contribution in [0.15, 0.2) is 51.9 Å². The Hall–Kier alpha value is -2.29. The predicted molar refractivity (Wildman–Crippen MR) is 86.2 cm³/mol. The summed E-state index contributed by atoms with van der Waals surface area (Å²) >= 11 is 3.25. The van der Waals surface area contributed by atoms with Crippen molar-refractivity contribution in [2.24, 2.45) is 10.7 Å². The largest absolute Gasteiger partial charge is 0.573 e. The molecule has 0 fully saturated rings. The summed E-state index contributed by atoms with van der Waals surface area (Å²) in [5.41, 5.74) is 6.22. The number of halogens is 5. The number of anilines is 1. The van der Waals surface area contributed by atoms with E-state index >= 15 is 0 Å². The summed E-state index contributed by atoms with van der Waals surface area (Å²) in [5.74, 6) is -1.00. The first kappa shape index (κ1) is 18.1. The number of hydrogen-bond donors (Lipinski definition) is 2. The van der Waals surface area contributed by atoms with E-state index < -0.39 is 17.9 Å². The Labute approximate surface area is 143 Å². The number of hydrogen-bond acceptors (Lipinski definition) is 2. The lowest BCUT2D eigenvalue weighted by Gasteiger charge is -2.14. The third kappa shape index (κ3) is 5.41. The molecule has 0 heterocycles. The molecule has 4 nitrogen and oxygen atoms in total. The highest BCUT2D eigenvalue weighted by atomic mass is 79.9. The van der Waals surface area contributed by atoms with E-state index in [-0.39, 0.29) is 18.2 Å². The average Bonchev–Trinajstić information content (AvgIpc) is 2.49. The number of alkyl halides is 3. The number of guanidine groups is 1. The van der Waals surface area contributed by atoms with Crippen molar-refractivity contribution < 1.29 is 22.3 Å². The van der Waals surface area contributed by atoms with Crippen LogP contribution >= 0.6 is 15.9 Å². The Bertz CT molecular complexity index is 750. The molecule has 24 heavy (non-hydrogen) atoms. The molecular formula is C15H12BrF4N3O. The molecule has 128 valence electrons. The molecule has 0 aromatic heterocycles. The first-order valence-corrected chi connectivity index (χ1v) is 7.39. The van der Waals surface area contributed by atoms with Crippen molar-refractivity contribution >= 4 is 27.6 Å². The van der Waals surface area contributed by atoms with E-state index in [1.807, 2.05) is 0 Å². The normalized spacial score (nSPS) is 12.1. The van der Waals surface area contributed by atoms with Gasteiger partial charge in [-0.25, -0.2) is 9.38 Å². The molecule has 0 aliphatic rings. The maximum atomic E-state index is 13.2. The Morgan fingerprint density at radius 3 is 2.62 bits per heavy atom. The van der Waals surface area contributed by atoms with Crippen molar-refractivity contribution in [3.63, 3.8) is 0 Å². The van der Waals surface area contributed by atoms with Crippen LogP contribution in [0.3, 0.4) is 0 Å². The van der Waals surface area contributed by atoms with Crippen molar-refractivity contribution in [1.82, 2.24) is 0 Å². The van der Waals surface area contributed by atoms with Crippen LogP contribution in [0.2, 0.25) is 0 Å². The topological polar surface area (TPSA) is 59.6 Å². The molecular weight excluding hydrogens is 394 g/mol. The molecule has 2 rings (SSSR count). The zero-order chi connectivity index (χ0) is 17.7. The summed E-state index contributed by atoms with van der Waals surface area (Å²) in [6.07, 6.45) is -4.82. The lowest BCUT2D eigenvalue weighted by Crippen LogP contribution is -2.24. The summed E-state index contributed by atoms with van der Waals surface area (Å²) in [5, 5.41) is 2.53. The maximum Gasteiger partial charge on any atom is 0.573 e. The second-order valence-corrected chi connectivity index (χ2v) is 5.46. The third-order valence-electron chi connectivity index (χ3n) is 2.80. The van der Waals surface area contributed by atoms with Crippen LogP contribution in [0.25, 0.3) is 0 Å². The van der Waals surface area contributed by atoms with E-state index in [1.54, 1.807) is 0 Å². The van der Waals surface area contributed by atoms with E-state index in [1.165, 1.54) is 36.4 Å². The predicted octanol–water partition coefficient (Wildman–Crippen LogP) is 4.41. The standard InChI is InChI=1S/C15H12BrF4N3O/c16-11-6-5-10(17)7-9(11)8-22-14(21)23-12-3-1-2-4-13(12)24-15(18,19)20/h1-7H,8H2,(H3,21,22,23). The number of benzene rings is 2. The molecule has 0 atom stereocenters. The number of ether oxygens (including phenoxy) is 1. The van der Waals surface area contributed by atoms with Gasteiger partial charge >= 0.3 is 6.36 Å². The molecule has 0 radical (unpaired) electrons. The molecule has 0 saturated heterocycles. The third-order valence-corrected chi connectivity index (χ3v) is 3.58. The zero-order valence-electron chi connectivity index (χ0n) is 12.1. The lowest BCUT2D eigenvalue weighted by molar-refractivity contribution is -0.274. The van der Waals surface area contributed by atoms with E-state index in [0.717, 1.165) is 6.07 Å².